The van der Waals surface area contributed by atoms with Crippen molar-refractivity contribution in [1.29, 1.82) is 0 Å². The maximum atomic E-state index is 11.3. The van der Waals surface area contributed by atoms with Gasteiger partial charge in [0, 0.05) is 0 Å². The lowest BCUT2D eigenvalue weighted by Gasteiger charge is -2.11. The van der Waals surface area contributed by atoms with Crippen molar-refractivity contribution < 1.29 is 19.4 Å². The van der Waals surface area contributed by atoms with E-state index in [-0.39, 0.29) is 18.2 Å². The van der Waals surface area contributed by atoms with E-state index in [0.29, 0.717) is 25.4 Å². The Labute approximate surface area is 83.2 Å². The van der Waals surface area contributed by atoms with E-state index in [9.17, 15) is 9.90 Å². The van der Waals surface area contributed by atoms with Gasteiger partial charge in [-0.25, -0.2) is 4.79 Å². The van der Waals surface area contributed by atoms with Gasteiger partial charge in [0.15, 0.2) is 6.10 Å². The third-order valence-corrected chi connectivity index (χ3v) is 3.01. The van der Waals surface area contributed by atoms with Crippen LogP contribution in [0.3, 0.4) is 0 Å². The molecule has 0 bridgehead atoms. The summed E-state index contributed by atoms with van der Waals surface area (Å²) in [5, 5.41) is 9.37. The molecular weight excluding hydrogens is 184 g/mol. The van der Waals surface area contributed by atoms with Gasteiger partial charge >= 0.3 is 5.97 Å². The number of hydrogen-bond acceptors (Lipinski definition) is 4. The van der Waals surface area contributed by atoms with Crippen molar-refractivity contribution >= 4 is 5.97 Å². The summed E-state index contributed by atoms with van der Waals surface area (Å²) in [4.78, 5) is 11.3. The van der Waals surface area contributed by atoms with Crippen molar-refractivity contribution in [3.05, 3.63) is 0 Å². The normalized spacial score (nSPS) is 41.0. The zero-order valence-corrected chi connectivity index (χ0v) is 8.31. The number of hydrogen-bond donors (Lipinski definition) is 1. The van der Waals surface area contributed by atoms with E-state index in [4.69, 9.17) is 9.47 Å². The van der Waals surface area contributed by atoms with Crippen LogP contribution in [-0.2, 0) is 14.3 Å². The van der Waals surface area contributed by atoms with Gasteiger partial charge in [-0.1, -0.05) is 0 Å². The molecule has 80 valence electrons. The fourth-order valence-corrected chi connectivity index (χ4v) is 2.40. The van der Waals surface area contributed by atoms with Crippen LogP contribution in [0.25, 0.3) is 0 Å². The van der Waals surface area contributed by atoms with Crippen molar-refractivity contribution in [2.24, 2.45) is 5.92 Å². The summed E-state index contributed by atoms with van der Waals surface area (Å²) < 4.78 is 10.4. The molecule has 1 aliphatic carbocycles. The summed E-state index contributed by atoms with van der Waals surface area (Å²) in [6.07, 6.45) is 1.58. The second-order valence-corrected chi connectivity index (χ2v) is 4.04. The maximum Gasteiger partial charge on any atom is 0.335 e. The Bertz CT molecular complexity index is 214. The molecular formula is C10H16O4. The van der Waals surface area contributed by atoms with Crippen LogP contribution in [0, 0.1) is 5.92 Å². The van der Waals surface area contributed by atoms with Crippen molar-refractivity contribution in [3.8, 4) is 0 Å². The van der Waals surface area contributed by atoms with Gasteiger partial charge in [-0.3, -0.25) is 0 Å². The zero-order valence-electron chi connectivity index (χ0n) is 8.31. The van der Waals surface area contributed by atoms with Gasteiger partial charge in [-0.15, -0.1) is 0 Å². The molecule has 1 N–H and O–H groups in total. The average molecular weight is 200 g/mol. The Hall–Kier alpha value is -0.610. The third-order valence-electron chi connectivity index (χ3n) is 3.01. The summed E-state index contributed by atoms with van der Waals surface area (Å²) in [5.74, 6) is 0.0933. The predicted molar refractivity (Wildman–Crippen MR) is 48.6 cm³/mol. The molecule has 0 unspecified atom stereocenters. The minimum atomic E-state index is -0.391. The number of aliphatic hydroxyl groups is 1. The molecule has 2 fully saturated rings. The standard InChI is InChI=1S/C10H16O4/c1-2-13-10(12)9-4-6-3-7(11)5-8(6)14-9/h6-9,11H,2-5H2,1H3/t6-,7-,8-,9-/m0/s1. The maximum absolute atomic E-state index is 11.3. The summed E-state index contributed by atoms with van der Waals surface area (Å²) >= 11 is 0. The van der Waals surface area contributed by atoms with Crippen LogP contribution in [0.1, 0.15) is 26.2 Å². The molecule has 0 amide bonds. The summed E-state index contributed by atoms with van der Waals surface area (Å²) in [6.45, 7) is 2.19. The highest BCUT2D eigenvalue weighted by Crippen LogP contribution is 2.39. The lowest BCUT2D eigenvalue weighted by atomic mass is 10.0. The Balaban J connectivity index is 1.88. The highest BCUT2D eigenvalue weighted by atomic mass is 16.6. The quantitative estimate of drug-likeness (QED) is 0.659. The molecule has 2 rings (SSSR count). The number of fused-ring (bicyclic) bond motifs is 1. The van der Waals surface area contributed by atoms with Gasteiger partial charge < -0.3 is 14.6 Å². The van der Waals surface area contributed by atoms with Crippen molar-refractivity contribution in [2.75, 3.05) is 6.61 Å². The fraction of sp³-hybridized carbons (Fsp3) is 0.900. The van der Waals surface area contributed by atoms with Crippen molar-refractivity contribution in [3.63, 3.8) is 0 Å². The van der Waals surface area contributed by atoms with E-state index in [2.05, 4.69) is 0 Å². The lowest BCUT2D eigenvalue weighted by Crippen LogP contribution is -2.24. The van der Waals surface area contributed by atoms with Crippen LogP contribution < -0.4 is 0 Å². The lowest BCUT2D eigenvalue weighted by molar-refractivity contribution is -0.156. The number of rotatable bonds is 2. The molecule has 4 atom stereocenters. The van der Waals surface area contributed by atoms with Gasteiger partial charge in [-0.05, 0) is 32.1 Å². The first kappa shape index (κ1) is 9.93. The second-order valence-electron chi connectivity index (χ2n) is 4.04. The number of aliphatic hydroxyl groups excluding tert-OH is 1. The van der Waals surface area contributed by atoms with Crippen LogP contribution in [0.15, 0.2) is 0 Å². The number of carbonyl (C=O) groups is 1. The van der Waals surface area contributed by atoms with Gasteiger partial charge in [-0.2, -0.15) is 0 Å². The molecule has 2 aliphatic rings. The first-order valence-electron chi connectivity index (χ1n) is 5.21. The predicted octanol–water partition coefficient (Wildman–Crippen LogP) is 0.478. The van der Waals surface area contributed by atoms with Crippen LogP contribution in [0.2, 0.25) is 0 Å². The first-order valence-corrected chi connectivity index (χ1v) is 5.21. The minimum Gasteiger partial charge on any atom is -0.464 e. The molecule has 0 spiro atoms. The topological polar surface area (TPSA) is 55.8 Å². The van der Waals surface area contributed by atoms with Gasteiger partial charge in [0.1, 0.15) is 0 Å². The molecule has 0 aromatic heterocycles. The highest BCUT2D eigenvalue weighted by Gasteiger charge is 2.45. The largest absolute Gasteiger partial charge is 0.464 e. The summed E-state index contributed by atoms with van der Waals surface area (Å²) in [6, 6.07) is 0. The van der Waals surface area contributed by atoms with Gasteiger partial charge in [0.25, 0.3) is 0 Å². The van der Waals surface area contributed by atoms with Gasteiger partial charge in [0.2, 0.25) is 0 Å². The first-order chi connectivity index (χ1) is 6.70. The third kappa shape index (κ3) is 1.77. The second kappa shape index (κ2) is 3.87. The molecule has 0 aromatic rings. The van der Waals surface area contributed by atoms with Crippen molar-refractivity contribution in [2.45, 2.75) is 44.5 Å². The molecule has 14 heavy (non-hydrogen) atoms. The molecule has 4 nitrogen and oxygen atoms in total. The van der Waals surface area contributed by atoms with Crippen LogP contribution in [0.5, 0.6) is 0 Å². The summed E-state index contributed by atoms with van der Waals surface area (Å²) in [7, 11) is 0. The molecule has 1 aliphatic heterocycles. The average Bonchev–Trinajstić information content (AvgIpc) is 2.61. The van der Waals surface area contributed by atoms with Crippen LogP contribution in [0.4, 0.5) is 0 Å². The van der Waals surface area contributed by atoms with Crippen molar-refractivity contribution in [1.82, 2.24) is 0 Å². The minimum absolute atomic E-state index is 0.0689. The fourth-order valence-electron chi connectivity index (χ4n) is 2.40. The highest BCUT2D eigenvalue weighted by molar-refractivity contribution is 5.75. The van der Waals surface area contributed by atoms with E-state index < -0.39 is 6.10 Å². The molecule has 1 saturated carbocycles. The van der Waals surface area contributed by atoms with E-state index in [1.165, 1.54) is 0 Å². The van der Waals surface area contributed by atoms with E-state index in [0.717, 1.165) is 6.42 Å². The Morgan fingerprint density at radius 2 is 2.29 bits per heavy atom. The number of carbonyl (C=O) groups excluding carboxylic acids is 1. The van der Waals surface area contributed by atoms with Crippen LogP contribution >= 0.6 is 0 Å². The summed E-state index contributed by atoms with van der Waals surface area (Å²) in [5.41, 5.74) is 0. The monoisotopic (exact) mass is 200 g/mol. The molecule has 0 aromatic carbocycles. The number of esters is 1. The smallest absolute Gasteiger partial charge is 0.335 e. The Kier molecular flexibility index (Phi) is 2.74. The van der Waals surface area contributed by atoms with E-state index in [1.54, 1.807) is 6.92 Å². The van der Waals surface area contributed by atoms with Gasteiger partial charge in [0.05, 0.1) is 18.8 Å². The Morgan fingerprint density at radius 3 is 2.93 bits per heavy atom. The molecule has 1 saturated heterocycles. The number of ether oxygens (including phenoxy) is 2. The zero-order chi connectivity index (χ0) is 10.1. The molecule has 1 heterocycles. The molecule has 0 radical (unpaired) electrons. The molecule has 4 heteroatoms. The van der Waals surface area contributed by atoms with E-state index in [1.807, 2.05) is 0 Å². The van der Waals surface area contributed by atoms with Crippen LogP contribution in [-0.4, -0.2) is 36.0 Å². The SMILES string of the molecule is CCOC(=O)[C@@H]1C[C@@H]2C[C@H](O)C[C@@H]2O1. The Morgan fingerprint density at radius 1 is 1.50 bits per heavy atom. The van der Waals surface area contributed by atoms with E-state index >= 15 is 0 Å².